The predicted octanol–water partition coefficient (Wildman–Crippen LogP) is 3.81. The molecule has 1 fully saturated rings. The van der Waals surface area contributed by atoms with Crippen molar-refractivity contribution in [2.45, 2.75) is 13.0 Å². The van der Waals surface area contributed by atoms with Gasteiger partial charge in [-0.1, -0.05) is 18.2 Å². The Balaban J connectivity index is 0.00000176. The van der Waals surface area contributed by atoms with E-state index in [4.69, 9.17) is 4.74 Å². The van der Waals surface area contributed by atoms with E-state index in [1.54, 1.807) is 36.4 Å². The molecule has 32 heavy (non-hydrogen) atoms. The average molecular weight is 452 g/mol. The van der Waals surface area contributed by atoms with E-state index < -0.39 is 18.8 Å². The number of nitrogens with one attached hydrogen (secondary N) is 1. The van der Waals surface area contributed by atoms with Crippen molar-refractivity contribution in [1.82, 2.24) is 5.32 Å². The number of nitrogens with zero attached hydrogens (tertiary/aromatic N) is 3. The first-order valence-electron chi connectivity index (χ1n) is 9.67. The van der Waals surface area contributed by atoms with Crippen LogP contribution in [0.2, 0.25) is 0 Å². The molecule has 3 rings (SSSR count). The second-order valence-electron chi connectivity index (χ2n) is 6.71. The van der Waals surface area contributed by atoms with Crippen LogP contribution in [-0.4, -0.2) is 51.8 Å². The van der Waals surface area contributed by atoms with Gasteiger partial charge in [-0.15, -0.1) is 5.10 Å². The molecule has 1 aliphatic heterocycles. The van der Waals surface area contributed by atoms with Crippen molar-refractivity contribution in [1.29, 1.82) is 0 Å². The zero-order chi connectivity index (χ0) is 23.5. The molecule has 1 aliphatic rings. The van der Waals surface area contributed by atoms with Gasteiger partial charge in [-0.05, 0) is 35.9 Å². The summed E-state index contributed by atoms with van der Waals surface area (Å²) < 4.78 is 53.1. The third-order valence-corrected chi connectivity index (χ3v) is 4.57. The Morgan fingerprint density at radius 2 is 1.91 bits per heavy atom. The van der Waals surface area contributed by atoms with Gasteiger partial charge in [0.25, 0.3) is 6.43 Å². The van der Waals surface area contributed by atoms with Crippen molar-refractivity contribution in [3.05, 3.63) is 65.5 Å². The van der Waals surface area contributed by atoms with Crippen molar-refractivity contribution in [2.75, 3.05) is 31.8 Å². The molecule has 0 spiro atoms. The van der Waals surface area contributed by atoms with Crippen LogP contribution in [-0.2, 0) is 16.1 Å². The summed E-state index contributed by atoms with van der Waals surface area (Å²) in [4.78, 5) is 14.4. The molecule has 0 bridgehead atoms. The Labute approximate surface area is 183 Å². The van der Waals surface area contributed by atoms with E-state index in [0.29, 0.717) is 31.5 Å². The van der Waals surface area contributed by atoms with Gasteiger partial charge in [-0.3, -0.25) is 9.18 Å². The summed E-state index contributed by atoms with van der Waals surface area (Å²) in [7, 11) is 0.500. The topological polar surface area (TPSA) is 66.3 Å². The lowest BCUT2D eigenvalue weighted by Crippen LogP contribution is -2.52. The molecule has 172 valence electrons. The molecule has 0 atom stereocenters. The fourth-order valence-electron chi connectivity index (χ4n) is 2.94. The number of ether oxygens (including phenoxy) is 1. The second-order valence-corrected chi connectivity index (χ2v) is 6.71. The van der Waals surface area contributed by atoms with Crippen LogP contribution in [0.1, 0.15) is 11.1 Å². The molecule has 2 aromatic rings. The lowest BCUT2D eigenvalue weighted by Gasteiger charge is -2.32. The van der Waals surface area contributed by atoms with E-state index in [2.05, 4.69) is 22.2 Å². The molecule has 1 heterocycles. The van der Waals surface area contributed by atoms with Crippen molar-refractivity contribution in [2.24, 2.45) is 16.1 Å². The van der Waals surface area contributed by atoms with Crippen molar-refractivity contribution < 1.29 is 27.1 Å². The van der Waals surface area contributed by atoms with Gasteiger partial charge in [0, 0.05) is 31.1 Å². The molecule has 0 aliphatic carbocycles. The number of hydrogen-bond acceptors (Lipinski definition) is 5. The molecule has 0 aromatic heterocycles. The second kappa shape index (κ2) is 12.6. The van der Waals surface area contributed by atoms with E-state index in [1.165, 1.54) is 17.0 Å². The highest BCUT2D eigenvalue weighted by molar-refractivity contribution is 5.96. The lowest BCUT2D eigenvalue weighted by molar-refractivity contribution is -0.123. The molecular formula is C22H24F4N4O2. The Morgan fingerprint density at radius 1 is 1.22 bits per heavy atom. The van der Waals surface area contributed by atoms with Crippen LogP contribution >= 0.6 is 0 Å². The molecular weight excluding hydrogens is 428 g/mol. The zero-order valence-corrected chi connectivity index (χ0v) is 17.5. The van der Waals surface area contributed by atoms with E-state index in [9.17, 15) is 22.4 Å². The van der Waals surface area contributed by atoms with Crippen molar-refractivity contribution in [3.8, 4) is 0 Å². The first kappa shape index (κ1) is 25.0. The first-order valence-corrected chi connectivity index (χ1v) is 9.67. The Kier molecular flexibility index (Phi) is 9.80. The quantitative estimate of drug-likeness (QED) is 0.287. The number of hydrogen-bond donors (Lipinski definition) is 1. The number of benzene rings is 2. The molecule has 6 nitrogen and oxygen atoms in total. The molecule has 0 saturated carbocycles. The Bertz CT molecular complexity index is 918. The van der Waals surface area contributed by atoms with Gasteiger partial charge < -0.3 is 15.0 Å². The third kappa shape index (κ3) is 6.88. The van der Waals surface area contributed by atoms with Crippen LogP contribution in [0.15, 0.2) is 58.7 Å². The van der Waals surface area contributed by atoms with Crippen LogP contribution in [0, 0.1) is 11.7 Å². The number of anilines is 1. The lowest BCUT2D eigenvalue weighted by atomic mass is 10.0. The number of amides is 1. The van der Waals surface area contributed by atoms with Crippen LogP contribution in [0.4, 0.5) is 23.2 Å². The number of carbonyl (C=O) groups is 1. The highest BCUT2D eigenvalue weighted by Crippen LogP contribution is 2.22. The maximum absolute atomic E-state index is 13.7. The molecule has 0 unspecified atom stereocenters. The van der Waals surface area contributed by atoms with Crippen molar-refractivity contribution in [3.63, 3.8) is 0 Å². The summed E-state index contributed by atoms with van der Waals surface area (Å²) in [6, 6.07) is 12.6. The summed E-state index contributed by atoms with van der Waals surface area (Å²) >= 11 is 0. The third-order valence-electron chi connectivity index (χ3n) is 4.57. The molecule has 10 heteroatoms. The van der Waals surface area contributed by atoms with Crippen molar-refractivity contribution >= 4 is 24.2 Å². The molecule has 1 saturated heterocycles. The summed E-state index contributed by atoms with van der Waals surface area (Å²) in [5.41, 5.74) is 1.68. The maximum atomic E-state index is 13.7. The molecule has 1 N–H and O–H groups in total. The van der Waals surface area contributed by atoms with E-state index >= 15 is 0 Å². The first-order chi connectivity index (χ1) is 15.5. The Hall–Kier alpha value is -3.27. The van der Waals surface area contributed by atoms with E-state index in [1.807, 2.05) is 0 Å². The molecule has 2 aromatic carbocycles. The fourth-order valence-corrected chi connectivity index (χ4v) is 2.94. The van der Waals surface area contributed by atoms with E-state index in [-0.39, 0.29) is 24.3 Å². The predicted molar refractivity (Wildman–Crippen MR) is 115 cm³/mol. The summed E-state index contributed by atoms with van der Waals surface area (Å²) in [6.45, 7) is 3.79. The van der Waals surface area contributed by atoms with Crippen LogP contribution in [0.25, 0.3) is 0 Å². The minimum atomic E-state index is -2.65. The fraction of sp³-hybridized carbons (Fsp3) is 0.318. The minimum absolute atomic E-state index is 0.0737. The largest absolute Gasteiger partial charge is 0.470 e. The van der Waals surface area contributed by atoms with Crippen LogP contribution in [0.3, 0.4) is 0 Å². The van der Waals surface area contributed by atoms with Gasteiger partial charge in [0.2, 0.25) is 11.8 Å². The minimum Gasteiger partial charge on any atom is -0.470 e. The monoisotopic (exact) mass is 452 g/mol. The summed E-state index contributed by atoms with van der Waals surface area (Å²) in [5, 5.41) is 10.0. The van der Waals surface area contributed by atoms with Gasteiger partial charge >= 0.3 is 0 Å². The van der Waals surface area contributed by atoms with Crippen LogP contribution in [0.5, 0.6) is 0 Å². The van der Waals surface area contributed by atoms with Gasteiger partial charge in [0.1, 0.15) is 5.82 Å². The zero-order valence-electron chi connectivity index (χ0n) is 17.5. The number of carbonyl (C=O) groups excluding carboxylic acids is 1. The SMILES string of the molecule is C=N/N=C(\OCC(F)F)c1ccc(CN(C(=O)C2CNC2)c2cccc(F)c2)cc1.CF. The van der Waals surface area contributed by atoms with Gasteiger partial charge in [-0.25, -0.2) is 13.2 Å². The smallest absolute Gasteiger partial charge is 0.272 e. The number of halogens is 4. The molecule has 1 amide bonds. The standard InChI is InChI=1S/C21H21F3N4O2.CH3F/c1-25-27-20(30-13-19(23)24)15-7-5-14(6-8-15)12-28(21(29)16-10-26-11-16)18-4-2-3-17(22)9-18;1-2/h2-9,16,19,26H,1,10-13H2;1H3/b27-20-;. The average Bonchev–Trinajstić information content (AvgIpc) is 2.75. The number of rotatable bonds is 8. The van der Waals surface area contributed by atoms with Crippen LogP contribution < -0.4 is 10.2 Å². The van der Waals surface area contributed by atoms with Gasteiger partial charge in [-0.2, -0.15) is 5.10 Å². The Morgan fingerprint density at radius 3 is 2.44 bits per heavy atom. The summed E-state index contributed by atoms with van der Waals surface area (Å²) in [6.07, 6.45) is -2.65. The van der Waals surface area contributed by atoms with E-state index in [0.717, 1.165) is 5.56 Å². The highest BCUT2D eigenvalue weighted by Gasteiger charge is 2.30. The number of alkyl halides is 3. The normalized spacial score (nSPS) is 13.6. The highest BCUT2D eigenvalue weighted by atomic mass is 19.3. The molecule has 0 radical (unpaired) electrons. The van der Waals surface area contributed by atoms with Gasteiger partial charge in [0.15, 0.2) is 6.61 Å². The summed E-state index contributed by atoms with van der Waals surface area (Å²) in [5.74, 6) is -0.758. The van der Waals surface area contributed by atoms with Gasteiger partial charge in [0.05, 0.1) is 19.6 Å². The maximum Gasteiger partial charge on any atom is 0.272 e.